The van der Waals surface area contributed by atoms with E-state index in [1.807, 2.05) is 6.07 Å². The van der Waals surface area contributed by atoms with Gasteiger partial charge in [-0.1, -0.05) is 29.2 Å². The highest BCUT2D eigenvalue weighted by atomic mass is 32.2. The molecule has 0 aromatic carbocycles. The number of hydrogen-bond acceptors (Lipinski definition) is 8. The zero-order valence-electron chi connectivity index (χ0n) is 15.3. The Morgan fingerprint density at radius 2 is 2.29 bits per heavy atom. The van der Waals surface area contributed by atoms with Crippen LogP contribution in [0.2, 0.25) is 0 Å². The molecule has 6 nitrogen and oxygen atoms in total. The second kappa shape index (κ2) is 10.1. The Hall–Kier alpha value is -2.51. The number of thioether (sulfide) groups is 1. The summed E-state index contributed by atoms with van der Waals surface area (Å²) >= 11 is 2.22. The Kier molecular flexibility index (Phi) is 7.90. The van der Waals surface area contributed by atoms with E-state index in [4.69, 9.17) is 4.74 Å². The molecule has 2 rings (SSSR count). The molecule has 0 atom stereocenters. The predicted molar refractivity (Wildman–Crippen MR) is 105 cm³/mol. The fourth-order valence-electron chi connectivity index (χ4n) is 2.20. The van der Waals surface area contributed by atoms with Crippen LogP contribution in [0.3, 0.4) is 0 Å². The normalized spacial score (nSPS) is 10.6. The van der Waals surface area contributed by atoms with Crippen molar-refractivity contribution < 1.29 is 18.3 Å². The van der Waals surface area contributed by atoms with Crippen LogP contribution in [0.25, 0.3) is 0 Å². The molecule has 0 radical (unpaired) electrons. The fraction of sp³-hybridized carbons (Fsp3) is 0.333. The van der Waals surface area contributed by atoms with Crippen molar-refractivity contribution in [3.63, 3.8) is 0 Å². The van der Waals surface area contributed by atoms with Gasteiger partial charge in [-0.25, -0.2) is 23.5 Å². The maximum absolute atomic E-state index is 13.1. The zero-order valence-corrected chi connectivity index (χ0v) is 16.9. The van der Waals surface area contributed by atoms with Crippen LogP contribution >= 0.6 is 23.1 Å². The highest BCUT2D eigenvalue weighted by molar-refractivity contribution is 7.98. The van der Waals surface area contributed by atoms with Crippen molar-refractivity contribution in [2.45, 2.75) is 31.1 Å². The van der Waals surface area contributed by atoms with E-state index in [1.54, 1.807) is 19.9 Å². The minimum Gasteiger partial charge on any atom is -0.462 e. The Bertz CT molecular complexity index is 910. The third-order valence-electron chi connectivity index (χ3n) is 3.44. The smallest absolute Gasteiger partial charge is 0.350 e. The molecule has 10 heteroatoms. The SMILES string of the molecule is C=CCNc1nc(CSc2nc(C(F)F)cc(C)c2C#N)c(C(=O)OCC)s1. The van der Waals surface area contributed by atoms with E-state index < -0.39 is 18.1 Å². The van der Waals surface area contributed by atoms with Crippen molar-refractivity contribution in [1.82, 2.24) is 9.97 Å². The third-order valence-corrected chi connectivity index (χ3v) is 5.46. The van der Waals surface area contributed by atoms with Gasteiger partial charge in [0.15, 0.2) is 5.13 Å². The van der Waals surface area contributed by atoms with Gasteiger partial charge in [0.05, 0.1) is 17.9 Å². The van der Waals surface area contributed by atoms with E-state index >= 15 is 0 Å². The zero-order chi connectivity index (χ0) is 20.7. The monoisotopic (exact) mass is 424 g/mol. The average Bonchev–Trinajstić information content (AvgIpc) is 3.07. The van der Waals surface area contributed by atoms with Gasteiger partial charge in [0.25, 0.3) is 6.43 Å². The van der Waals surface area contributed by atoms with Gasteiger partial charge in [-0.2, -0.15) is 5.26 Å². The number of esters is 1. The van der Waals surface area contributed by atoms with Gasteiger partial charge in [0.2, 0.25) is 0 Å². The van der Waals surface area contributed by atoms with E-state index in [1.165, 1.54) is 6.07 Å². The van der Waals surface area contributed by atoms with E-state index in [0.717, 1.165) is 23.1 Å². The molecule has 0 amide bonds. The third kappa shape index (κ3) is 5.27. The average molecular weight is 424 g/mol. The molecule has 0 saturated carbocycles. The lowest BCUT2D eigenvalue weighted by Crippen LogP contribution is -2.05. The lowest BCUT2D eigenvalue weighted by atomic mass is 10.1. The number of nitriles is 1. The van der Waals surface area contributed by atoms with Crippen LogP contribution in [0.15, 0.2) is 23.7 Å². The number of aryl methyl sites for hydroxylation is 1. The highest BCUT2D eigenvalue weighted by Crippen LogP contribution is 2.32. The first kappa shape index (κ1) is 21.8. The largest absolute Gasteiger partial charge is 0.462 e. The lowest BCUT2D eigenvalue weighted by Gasteiger charge is -2.09. The quantitative estimate of drug-likeness (QED) is 0.354. The van der Waals surface area contributed by atoms with Crippen LogP contribution in [0.1, 0.15) is 45.5 Å². The van der Waals surface area contributed by atoms with E-state index in [-0.39, 0.29) is 22.9 Å². The van der Waals surface area contributed by atoms with Gasteiger partial charge in [-0.15, -0.1) is 6.58 Å². The van der Waals surface area contributed by atoms with Gasteiger partial charge in [-0.3, -0.25) is 0 Å². The number of pyridine rings is 1. The number of rotatable bonds is 9. The molecule has 0 spiro atoms. The van der Waals surface area contributed by atoms with Crippen molar-refractivity contribution in [2.24, 2.45) is 0 Å². The summed E-state index contributed by atoms with van der Waals surface area (Å²) < 4.78 is 31.2. The minimum absolute atomic E-state index is 0.175. The first-order valence-electron chi connectivity index (χ1n) is 8.25. The van der Waals surface area contributed by atoms with Gasteiger partial charge in [0, 0.05) is 12.3 Å². The summed E-state index contributed by atoms with van der Waals surface area (Å²) in [5.41, 5.74) is 0.696. The molecule has 2 aromatic rings. The van der Waals surface area contributed by atoms with Crippen LogP contribution in [0, 0.1) is 18.3 Å². The summed E-state index contributed by atoms with van der Waals surface area (Å²) in [4.78, 5) is 20.8. The fourth-order valence-corrected chi connectivity index (χ4v) is 4.18. The van der Waals surface area contributed by atoms with Crippen LogP contribution in [0.5, 0.6) is 0 Å². The molecule has 0 aliphatic heterocycles. The Labute approximate surface area is 169 Å². The maximum atomic E-state index is 13.1. The molecule has 148 valence electrons. The van der Waals surface area contributed by atoms with E-state index in [9.17, 15) is 18.8 Å². The molecular formula is C18H18F2N4O2S2. The number of aromatic nitrogens is 2. The number of anilines is 1. The number of halogens is 2. The van der Waals surface area contributed by atoms with Crippen molar-refractivity contribution in [3.05, 3.63) is 46.1 Å². The number of carbonyl (C=O) groups excluding carboxylic acids is 1. The molecule has 0 fully saturated rings. The Balaban J connectivity index is 2.33. The van der Waals surface area contributed by atoms with Gasteiger partial charge in [-0.05, 0) is 25.5 Å². The Morgan fingerprint density at radius 3 is 2.89 bits per heavy atom. The van der Waals surface area contributed by atoms with Crippen LogP contribution in [-0.4, -0.2) is 29.1 Å². The van der Waals surface area contributed by atoms with Crippen molar-refractivity contribution in [3.8, 4) is 6.07 Å². The van der Waals surface area contributed by atoms with Crippen molar-refractivity contribution in [2.75, 3.05) is 18.5 Å². The number of thiazole rings is 1. The van der Waals surface area contributed by atoms with Crippen LogP contribution < -0.4 is 5.32 Å². The number of ether oxygens (including phenoxy) is 1. The topological polar surface area (TPSA) is 87.9 Å². The summed E-state index contributed by atoms with van der Waals surface area (Å²) in [5.74, 6) is -0.331. The molecule has 1 N–H and O–H groups in total. The van der Waals surface area contributed by atoms with Crippen molar-refractivity contribution in [1.29, 1.82) is 5.26 Å². The number of nitrogens with one attached hydrogen (secondary N) is 1. The summed E-state index contributed by atoms with van der Waals surface area (Å²) in [6.07, 6.45) is -1.09. The molecule has 0 aliphatic rings. The van der Waals surface area contributed by atoms with E-state index in [0.29, 0.717) is 27.8 Å². The second-order valence-electron chi connectivity index (χ2n) is 5.43. The maximum Gasteiger partial charge on any atom is 0.350 e. The predicted octanol–water partition coefficient (Wildman–Crippen LogP) is 4.72. The Morgan fingerprint density at radius 1 is 1.54 bits per heavy atom. The summed E-state index contributed by atoms with van der Waals surface area (Å²) in [7, 11) is 0. The molecule has 0 saturated heterocycles. The standard InChI is InChI=1S/C18H18F2N4O2S2/c1-4-6-22-18-24-13(14(28-18)17(25)26-5-2)9-27-16-11(8-21)10(3)7-12(23-16)15(19)20/h4,7,15H,1,5-6,9H2,2-3H3,(H,22,24). The van der Waals surface area contributed by atoms with Crippen LogP contribution in [-0.2, 0) is 10.5 Å². The summed E-state index contributed by atoms with van der Waals surface area (Å²) in [6, 6.07) is 3.20. The molecular weight excluding hydrogens is 406 g/mol. The second-order valence-corrected chi connectivity index (χ2v) is 7.39. The molecule has 0 bridgehead atoms. The molecule has 28 heavy (non-hydrogen) atoms. The van der Waals surface area contributed by atoms with E-state index in [2.05, 4.69) is 21.9 Å². The first-order chi connectivity index (χ1) is 13.4. The lowest BCUT2D eigenvalue weighted by molar-refractivity contribution is 0.0531. The molecule has 2 aromatic heterocycles. The highest BCUT2D eigenvalue weighted by Gasteiger charge is 2.21. The molecule has 0 aliphatic carbocycles. The van der Waals surface area contributed by atoms with Crippen LogP contribution in [0.4, 0.5) is 13.9 Å². The number of hydrogen-bond donors (Lipinski definition) is 1. The first-order valence-corrected chi connectivity index (χ1v) is 10.1. The number of carbonyl (C=O) groups is 1. The molecule has 2 heterocycles. The number of alkyl halides is 2. The minimum atomic E-state index is -2.74. The van der Waals surface area contributed by atoms with Gasteiger partial charge >= 0.3 is 5.97 Å². The molecule has 0 unspecified atom stereocenters. The van der Waals surface area contributed by atoms with Gasteiger partial charge in [0.1, 0.15) is 21.7 Å². The number of nitrogens with zero attached hydrogens (tertiary/aromatic N) is 3. The van der Waals surface area contributed by atoms with Gasteiger partial charge < -0.3 is 10.1 Å². The van der Waals surface area contributed by atoms with Crippen molar-refractivity contribution >= 4 is 34.2 Å². The summed E-state index contributed by atoms with van der Waals surface area (Å²) in [5, 5.41) is 13.1. The summed E-state index contributed by atoms with van der Waals surface area (Å²) in [6.45, 7) is 7.58.